The van der Waals surface area contributed by atoms with Gasteiger partial charge >= 0.3 is 0 Å². The molecule has 0 fully saturated rings. The predicted molar refractivity (Wildman–Crippen MR) is 144 cm³/mol. The summed E-state index contributed by atoms with van der Waals surface area (Å²) in [5.41, 5.74) is 13.1. The van der Waals surface area contributed by atoms with Gasteiger partial charge in [-0.3, -0.25) is 4.79 Å². The third-order valence-electron chi connectivity index (χ3n) is 6.50. The topological polar surface area (TPSA) is 72.9 Å². The normalized spacial score (nSPS) is 12.3. The van der Waals surface area contributed by atoms with Crippen molar-refractivity contribution in [3.8, 4) is 0 Å². The van der Waals surface area contributed by atoms with E-state index in [9.17, 15) is 4.79 Å². The SMILES string of the molecule is Cc1ccc(C(=O)N[C@@H](c2nc3cc(C)ccc3n2Cc2ccccc2)C(C)C)c(CCCN)c1. The van der Waals surface area contributed by atoms with E-state index in [1.165, 1.54) is 11.1 Å². The number of carbonyl (C=O) groups excluding carboxylic acids is 1. The van der Waals surface area contributed by atoms with Crippen LogP contribution in [0.2, 0.25) is 0 Å². The van der Waals surface area contributed by atoms with Gasteiger partial charge in [-0.25, -0.2) is 4.98 Å². The van der Waals surface area contributed by atoms with Crippen molar-refractivity contribution in [2.75, 3.05) is 6.54 Å². The molecule has 0 radical (unpaired) electrons. The number of amides is 1. The Bertz CT molecular complexity index is 1310. The van der Waals surface area contributed by atoms with Crippen LogP contribution >= 0.6 is 0 Å². The minimum absolute atomic E-state index is 0.0646. The molecule has 1 heterocycles. The highest BCUT2D eigenvalue weighted by Gasteiger charge is 2.26. The molecule has 0 saturated heterocycles. The van der Waals surface area contributed by atoms with E-state index < -0.39 is 0 Å². The van der Waals surface area contributed by atoms with Gasteiger partial charge in [0.25, 0.3) is 5.91 Å². The maximum Gasteiger partial charge on any atom is 0.252 e. The summed E-state index contributed by atoms with van der Waals surface area (Å²) in [5, 5.41) is 3.33. The summed E-state index contributed by atoms with van der Waals surface area (Å²) < 4.78 is 2.25. The fourth-order valence-electron chi connectivity index (χ4n) is 4.62. The number of benzene rings is 3. The Balaban J connectivity index is 1.74. The second kappa shape index (κ2) is 10.9. The van der Waals surface area contributed by atoms with Gasteiger partial charge in [0.1, 0.15) is 5.82 Å². The summed E-state index contributed by atoms with van der Waals surface area (Å²) >= 11 is 0. The fourth-order valence-corrected chi connectivity index (χ4v) is 4.62. The summed E-state index contributed by atoms with van der Waals surface area (Å²) in [6.07, 6.45) is 1.64. The second-order valence-electron chi connectivity index (χ2n) is 9.78. The molecule has 4 aromatic rings. The highest BCUT2D eigenvalue weighted by Crippen LogP contribution is 2.28. The van der Waals surface area contributed by atoms with Crippen LogP contribution in [-0.4, -0.2) is 22.0 Å². The molecule has 0 saturated carbocycles. The Kier molecular flexibility index (Phi) is 7.67. The quantitative estimate of drug-likeness (QED) is 0.330. The molecular formula is C30H36N4O. The molecule has 5 heteroatoms. The van der Waals surface area contributed by atoms with Gasteiger partial charge in [-0.1, -0.05) is 67.9 Å². The van der Waals surface area contributed by atoms with E-state index in [-0.39, 0.29) is 17.9 Å². The van der Waals surface area contributed by atoms with Crippen LogP contribution in [0, 0.1) is 19.8 Å². The van der Waals surface area contributed by atoms with Gasteiger partial charge in [-0.2, -0.15) is 0 Å². The molecule has 0 spiro atoms. The third kappa shape index (κ3) is 5.63. The van der Waals surface area contributed by atoms with E-state index in [4.69, 9.17) is 10.7 Å². The molecule has 4 rings (SSSR count). The number of fused-ring (bicyclic) bond motifs is 1. The fraction of sp³-hybridized carbons (Fsp3) is 0.333. The predicted octanol–water partition coefficient (Wildman–Crippen LogP) is 5.72. The van der Waals surface area contributed by atoms with Crippen molar-refractivity contribution in [3.05, 3.63) is 100 Å². The Morgan fingerprint density at radius 2 is 1.71 bits per heavy atom. The zero-order chi connectivity index (χ0) is 24.9. The number of rotatable bonds is 9. The van der Waals surface area contributed by atoms with Crippen LogP contribution in [0.3, 0.4) is 0 Å². The number of carbonyl (C=O) groups is 1. The molecule has 0 aliphatic heterocycles. The van der Waals surface area contributed by atoms with Gasteiger partial charge in [0, 0.05) is 12.1 Å². The number of aromatic nitrogens is 2. The van der Waals surface area contributed by atoms with Crippen LogP contribution in [0.1, 0.15) is 64.7 Å². The van der Waals surface area contributed by atoms with Gasteiger partial charge in [0.2, 0.25) is 0 Å². The molecular weight excluding hydrogens is 432 g/mol. The number of aryl methyl sites for hydroxylation is 3. The first-order valence-corrected chi connectivity index (χ1v) is 12.5. The number of hydrogen-bond acceptors (Lipinski definition) is 3. The van der Waals surface area contributed by atoms with Crippen LogP contribution < -0.4 is 11.1 Å². The number of nitrogens with zero attached hydrogens (tertiary/aromatic N) is 2. The minimum atomic E-state index is -0.234. The highest BCUT2D eigenvalue weighted by atomic mass is 16.1. The van der Waals surface area contributed by atoms with Crippen molar-refractivity contribution < 1.29 is 4.79 Å². The summed E-state index contributed by atoms with van der Waals surface area (Å²) in [6, 6.07) is 22.6. The van der Waals surface area contributed by atoms with E-state index >= 15 is 0 Å². The average molecular weight is 469 g/mol. The Morgan fingerprint density at radius 3 is 2.43 bits per heavy atom. The molecule has 1 amide bonds. The lowest BCUT2D eigenvalue weighted by Gasteiger charge is -2.24. The average Bonchev–Trinajstić information content (AvgIpc) is 3.18. The van der Waals surface area contributed by atoms with Gasteiger partial charge in [0.05, 0.1) is 17.1 Å². The molecule has 3 N–H and O–H groups in total. The monoisotopic (exact) mass is 468 g/mol. The van der Waals surface area contributed by atoms with Crippen molar-refractivity contribution in [3.63, 3.8) is 0 Å². The Morgan fingerprint density at radius 1 is 1.00 bits per heavy atom. The smallest absolute Gasteiger partial charge is 0.252 e. The van der Waals surface area contributed by atoms with E-state index in [0.717, 1.165) is 46.4 Å². The maximum absolute atomic E-state index is 13.6. The first-order chi connectivity index (χ1) is 16.9. The summed E-state index contributed by atoms with van der Waals surface area (Å²) in [5.74, 6) is 0.975. The van der Waals surface area contributed by atoms with Gasteiger partial charge in [0.15, 0.2) is 0 Å². The van der Waals surface area contributed by atoms with Crippen molar-refractivity contribution in [2.24, 2.45) is 11.7 Å². The van der Waals surface area contributed by atoms with Gasteiger partial charge < -0.3 is 15.6 Å². The molecule has 35 heavy (non-hydrogen) atoms. The van der Waals surface area contributed by atoms with Crippen LogP contribution in [0.5, 0.6) is 0 Å². The summed E-state index contributed by atoms with van der Waals surface area (Å²) in [4.78, 5) is 18.6. The summed E-state index contributed by atoms with van der Waals surface area (Å²) in [7, 11) is 0. The third-order valence-corrected chi connectivity index (χ3v) is 6.50. The zero-order valence-corrected chi connectivity index (χ0v) is 21.2. The van der Waals surface area contributed by atoms with Gasteiger partial charge in [-0.05, 0) is 74.0 Å². The molecule has 3 aromatic carbocycles. The molecule has 5 nitrogen and oxygen atoms in total. The number of hydrogen-bond donors (Lipinski definition) is 2. The molecule has 182 valence electrons. The first kappa shape index (κ1) is 24.7. The molecule has 0 aliphatic carbocycles. The van der Waals surface area contributed by atoms with Gasteiger partial charge in [-0.15, -0.1) is 0 Å². The summed E-state index contributed by atoms with van der Waals surface area (Å²) in [6.45, 7) is 9.70. The molecule has 0 bridgehead atoms. The Hall–Kier alpha value is -3.44. The lowest BCUT2D eigenvalue weighted by atomic mass is 9.98. The first-order valence-electron chi connectivity index (χ1n) is 12.5. The Labute approximate surface area is 208 Å². The number of nitrogens with one attached hydrogen (secondary N) is 1. The molecule has 0 aliphatic rings. The highest BCUT2D eigenvalue weighted by molar-refractivity contribution is 5.96. The van der Waals surface area contributed by atoms with Crippen LogP contribution in [0.4, 0.5) is 0 Å². The second-order valence-corrected chi connectivity index (χ2v) is 9.78. The maximum atomic E-state index is 13.6. The lowest BCUT2D eigenvalue weighted by Crippen LogP contribution is -2.34. The number of imidazole rings is 1. The zero-order valence-electron chi connectivity index (χ0n) is 21.2. The molecule has 0 unspecified atom stereocenters. The number of nitrogens with two attached hydrogens (primary N) is 1. The van der Waals surface area contributed by atoms with E-state index in [2.05, 4.69) is 86.1 Å². The van der Waals surface area contributed by atoms with E-state index in [1.807, 2.05) is 18.2 Å². The van der Waals surface area contributed by atoms with E-state index in [0.29, 0.717) is 13.1 Å². The van der Waals surface area contributed by atoms with Crippen molar-refractivity contribution in [1.29, 1.82) is 0 Å². The minimum Gasteiger partial charge on any atom is -0.342 e. The van der Waals surface area contributed by atoms with Crippen LogP contribution in [0.15, 0.2) is 66.7 Å². The van der Waals surface area contributed by atoms with Crippen LogP contribution in [0.25, 0.3) is 11.0 Å². The lowest BCUT2D eigenvalue weighted by molar-refractivity contribution is 0.0921. The van der Waals surface area contributed by atoms with Crippen molar-refractivity contribution >= 4 is 16.9 Å². The standard InChI is InChI=1S/C30H36N4O/c1-20(2)28(33-30(35)25-14-12-21(3)17-24(25)11-8-16-31)29-32-26-18-22(4)13-15-27(26)34(29)19-23-9-6-5-7-10-23/h5-7,9-10,12-15,17-18,20,28H,8,11,16,19,31H2,1-4H3,(H,33,35)/t28-/m1/s1. The molecule has 1 aromatic heterocycles. The van der Waals surface area contributed by atoms with Crippen LogP contribution in [-0.2, 0) is 13.0 Å². The van der Waals surface area contributed by atoms with E-state index in [1.54, 1.807) is 0 Å². The van der Waals surface area contributed by atoms with Crippen molar-refractivity contribution in [1.82, 2.24) is 14.9 Å². The molecule has 1 atom stereocenters. The largest absolute Gasteiger partial charge is 0.342 e. The van der Waals surface area contributed by atoms with Crippen molar-refractivity contribution in [2.45, 2.75) is 53.1 Å².